The molecule has 0 radical (unpaired) electrons. The van der Waals surface area contributed by atoms with Crippen molar-refractivity contribution < 1.29 is 14.3 Å². The van der Waals surface area contributed by atoms with Gasteiger partial charge in [0.2, 0.25) is 0 Å². The summed E-state index contributed by atoms with van der Waals surface area (Å²) in [5, 5.41) is 0. The number of carbonyl (C=O) groups is 2. The van der Waals surface area contributed by atoms with E-state index < -0.39 is 11.4 Å². The van der Waals surface area contributed by atoms with Gasteiger partial charge in [0.15, 0.2) is 5.78 Å². The zero-order valence-corrected chi connectivity index (χ0v) is 9.70. The number of carbonyl (C=O) groups excluding carboxylic acids is 2. The lowest BCUT2D eigenvalue weighted by molar-refractivity contribution is -0.157. The molecule has 1 fully saturated rings. The molecule has 3 nitrogen and oxygen atoms in total. The van der Waals surface area contributed by atoms with Crippen LogP contribution in [0.3, 0.4) is 0 Å². The lowest BCUT2D eigenvalue weighted by Crippen LogP contribution is -2.36. The number of ketones is 1. The smallest absolute Gasteiger partial charge is 0.320 e. The summed E-state index contributed by atoms with van der Waals surface area (Å²) in [4.78, 5) is 23.8. The van der Waals surface area contributed by atoms with Crippen molar-refractivity contribution in [1.29, 1.82) is 0 Å². The van der Waals surface area contributed by atoms with Crippen LogP contribution in [0.15, 0.2) is 24.8 Å². The maximum atomic E-state index is 11.9. The number of rotatable bonds is 5. The Hall–Kier alpha value is -1.38. The van der Waals surface area contributed by atoms with Crippen LogP contribution in [0.25, 0.3) is 0 Å². The third-order valence-electron chi connectivity index (χ3n) is 2.97. The van der Waals surface area contributed by atoms with Crippen molar-refractivity contribution in [3.8, 4) is 0 Å². The van der Waals surface area contributed by atoms with E-state index in [1.807, 2.05) is 19.1 Å². The molecule has 0 bridgehead atoms. The first-order chi connectivity index (χ1) is 7.67. The number of esters is 1. The van der Waals surface area contributed by atoms with Crippen LogP contribution < -0.4 is 0 Å². The molecule has 0 aliphatic heterocycles. The Kier molecular flexibility index (Phi) is 4.47. The maximum absolute atomic E-state index is 11.9. The Bertz CT molecular complexity index is 317. The summed E-state index contributed by atoms with van der Waals surface area (Å²) < 4.78 is 5.03. The lowest BCUT2D eigenvalue weighted by atomic mass is 9.81. The Morgan fingerprint density at radius 2 is 2.38 bits per heavy atom. The highest BCUT2D eigenvalue weighted by Crippen LogP contribution is 2.39. The largest absolute Gasteiger partial charge is 0.461 e. The number of hydrogen-bond acceptors (Lipinski definition) is 3. The highest BCUT2D eigenvalue weighted by molar-refractivity contribution is 6.05. The minimum atomic E-state index is -0.921. The zero-order chi connectivity index (χ0) is 12.0. The van der Waals surface area contributed by atoms with Gasteiger partial charge in [0.25, 0.3) is 0 Å². The van der Waals surface area contributed by atoms with Gasteiger partial charge in [-0.3, -0.25) is 9.59 Å². The second-order valence-electron chi connectivity index (χ2n) is 4.02. The average Bonchev–Trinajstić information content (AvgIpc) is 2.66. The van der Waals surface area contributed by atoms with E-state index in [1.54, 1.807) is 0 Å². The maximum Gasteiger partial charge on any atom is 0.320 e. The monoisotopic (exact) mass is 222 g/mol. The average molecular weight is 222 g/mol. The van der Waals surface area contributed by atoms with Crippen molar-refractivity contribution in [2.24, 2.45) is 5.41 Å². The molecule has 1 aliphatic carbocycles. The fourth-order valence-electron chi connectivity index (χ4n) is 2.04. The first-order valence-corrected chi connectivity index (χ1v) is 5.60. The number of ether oxygens (including phenoxy) is 1. The Balaban J connectivity index is 2.81. The summed E-state index contributed by atoms with van der Waals surface area (Å²) in [7, 11) is 0. The molecule has 0 amide bonds. The van der Waals surface area contributed by atoms with Gasteiger partial charge in [0.05, 0.1) is 0 Å². The van der Waals surface area contributed by atoms with Crippen LogP contribution in [-0.2, 0) is 14.3 Å². The fraction of sp³-hybridized carbons (Fsp3) is 0.538. The lowest BCUT2D eigenvalue weighted by Gasteiger charge is -2.23. The summed E-state index contributed by atoms with van der Waals surface area (Å²) >= 11 is 0. The van der Waals surface area contributed by atoms with Crippen molar-refractivity contribution in [2.45, 2.75) is 32.6 Å². The van der Waals surface area contributed by atoms with Crippen LogP contribution in [0.5, 0.6) is 0 Å². The van der Waals surface area contributed by atoms with E-state index >= 15 is 0 Å². The summed E-state index contributed by atoms with van der Waals surface area (Å²) in [6.45, 7) is 5.53. The zero-order valence-electron chi connectivity index (χ0n) is 9.70. The second-order valence-corrected chi connectivity index (χ2v) is 4.02. The Morgan fingerprint density at radius 1 is 1.62 bits per heavy atom. The van der Waals surface area contributed by atoms with Crippen molar-refractivity contribution in [2.75, 3.05) is 6.61 Å². The standard InChI is InChI=1S/C13H18O3/c1-3-5-8-13(9-6-7-11(13)14)12(15)16-10-4-2/h3-5H,2,6-10H2,1H3. The van der Waals surface area contributed by atoms with Crippen LogP contribution in [0, 0.1) is 5.41 Å². The number of allylic oxidation sites excluding steroid dienone is 2. The van der Waals surface area contributed by atoms with Gasteiger partial charge in [-0.15, -0.1) is 0 Å². The molecule has 88 valence electrons. The van der Waals surface area contributed by atoms with Crippen molar-refractivity contribution in [3.63, 3.8) is 0 Å². The van der Waals surface area contributed by atoms with Gasteiger partial charge in [-0.2, -0.15) is 0 Å². The van der Waals surface area contributed by atoms with E-state index in [-0.39, 0.29) is 12.4 Å². The van der Waals surface area contributed by atoms with Gasteiger partial charge < -0.3 is 4.74 Å². The molecule has 0 N–H and O–H groups in total. The van der Waals surface area contributed by atoms with Gasteiger partial charge in [-0.1, -0.05) is 24.8 Å². The van der Waals surface area contributed by atoms with Crippen molar-refractivity contribution in [3.05, 3.63) is 24.8 Å². The van der Waals surface area contributed by atoms with Gasteiger partial charge in [0, 0.05) is 6.42 Å². The topological polar surface area (TPSA) is 43.4 Å². The second kappa shape index (κ2) is 5.64. The van der Waals surface area contributed by atoms with Crippen molar-refractivity contribution >= 4 is 11.8 Å². The molecule has 16 heavy (non-hydrogen) atoms. The third-order valence-corrected chi connectivity index (χ3v) is 2.97. The van der Waals surface area contributed by atoms with E-state index in [4.69, 9.17) is 4.74 Å². The van der Waals surface area contributed by atoms with Crippen LogP contribution in [0.1, 0.15) is 32.6 Å². The Labute approximate surface area is 96.2 Å². The molecule has 1 rings (SSSR count). The molecule has 1 saturated carbocycles. The minimum Gasteiger partial charge on any atom is -0.461 e. The summed E-state index contributed by atoms with van der Waals surface area (Å²) in [5.74, 6) is -0.382. The van der Waals surface area contributed by atoms with E-state index in [2.05, 4.69) is 6.58 Å². The predicted molar refractivity (Wildman–Crippen MR) is 61.9 cm³/mol. The van der Waals surface area contributed by atoms with Crippen LogP contribution in [0.4, 0.5) is 0 Å². The highest BCUT2D eigenvalue weighted by atomic mass is 16.5. The molecule has 0 heterocycles. The fourth-order valence-corrected chi connectivity index (χ4v) is 2.04. The summed E-state index contributed by atoms with van der Waals surface area (Å²) in [6.07, 6.45) is 7.55. The van der Waals surface area contributed by atoms with Gasteiger partial charge in [0.1, 0.15) is 12.0 Å². The quantitative estimate of drug-likeness (QED) is 0.407. The molecule has 1 aliphatic rings. The van der Waals surface area contributed by atoms with Gasteiger partial charge in [-0.05, 0) is 26.2 Å². The SMILES string of the molecule is C=CCOC(=O)C1(CC=CC)CCCC1=O. The molecule has 1 unspecified atom stereocenters. The molecule has 0 spiro atoms. The third kappa shape index (κ3) is 2.40. The molecule has 0 aromatic carbocycles. The van der Waals surface area contributed by atoms with E-state index in [0.29, 0.717) is 19.3 Å². The van der Waals surface area contributed by atoms with E-state index in [1.165, 1.54) is 6.08 Å². The van der Waals surface area contributed by atoms with E-state index in [9.17, 15) is 9.59 Å². The van der Waals surface area contributed by atoms with E-state index in [0.717, 1.165) is 6.42 Å². The number of Topliss-reactive ketones (excluding diaryl/α,β-unsaturated/α-hetero) is 1. The van der Waals surface area contributed by atoms with Crippen LogP contribution >= 0.6 is 0 Å². The van der Waals surface area contributed by atoms with Crippen molar-refractivity contribution in [1.82, 2.24) is 0 Å². The molecular weight excluding hydrogens is 204 g/mol. The van der Waals surface area contributed by atoms with Crippen LogP contribution in [-0.4, -0.2) is 18.4 Å². The summed E-state index contributed by atoms with van der Waals surface area (Å²) in [6, 6.07) is 0. The first-order valence-electron chi connectivity index (χ1n) is 5.60. The Morgan fingerprint density at radius 3 is 2.88 bits per heavy atom. The van der Waals surface area contributed by atoms with Gasteiger partial charge in [-0.25, -0.2) is 0 Å². The first kappa shape index (κ1) is 12.7. The molecule has 3 heteroatoms. The van der Waals surface area contributed by atoms with Gasteiger partial charge >= 0.3 is 5.97 Å². The molecule has 0 aromatic heterocycles. The minimum absolute atomic E-state index is 0.0136. The number of hydrogen-bond donors (Lipinski definition) is 0. The summed E-state index contributed by atoms with van der Waals surface area (Å²) in [5.41, 5.74) is -0.921. The molecule has 0 saturated heterocycles. The highest BCUT2D eigenvalue weighted by Gasteiger charge is 2.48. The predicted octanol–water partition coefficient (Wildman–Crippen LogP) is 2.42. The molecule has 1 atom stereocenters. The normalized spacial score (nSPS) is 24.9. The molecular formula is C13H18O3. The van der Waals surface area contributed by atoms with Crippen LogP contribution in [0.2, 0.25) is 0 Å². The molecule has 0 aromatic rings.